The van der Waals surface area contributed by atoms with Crippen LogP contribution in [0.2, 0.25) is 0 Å². The third kappa shape index (κ3) is 15.0. The summed E-state index contributed by atoms with van der Waals surface area (Å²) in [6.07, 6.45) is 13.2. The fourth-order valence-corrected chi connectivity index (χ4v) is 1.80. The zero-order valence-corrected chi connectivity index (χ0v) is 14.2. The van der Waals surface area contributed by atoms with E-state index in [2.05, 4.69) is 12.2 Å². The first-order valence-electron chi connectivity index (χ1n) is 8.20. The molecule has 22 heavy (non-hydrogen) atoms. The van der Waals surface area contributed by atoms with Crippen molar-refractivity contribution in [3.8, 4) is 0 Å². The molecule has 0 bridgehead atoms. The van der Waals surface area contributed by atoms with Gasteiger partial charge in [0, 0.05) is 25.5 Å². The fourth-order valence-electron chi connectivity index (χ4n) is 1.80. The van der Waals surface area contributed by atoms with Gasteiger partial charge in [0.05, 0.1) is 5.60 Å². The van der Waals surface area contributed by atoms with E-state index in [1.165, 1.54) is 18.9 Å². The van der Waals surface area contributed by atoms with Crippen molar-refractivity contribution in [2.45, 2.75) is 71.3 Å². The maximum atomic E-state index is 11.6. The summed E-state index contributed by atoms with van der Waals surface area (Å²) in [4.78, 5) is 23.0. The summed E-state index contributed by atoms with van der Waals surface area (Å²) in [5, 5.41) is 12.1. The van der Waals surface area contributed by atoms with Crippen molar-refractivity contribution in [3.05, 3.63) is 24.3 Å². The Balaban J connectivity index is 3.70. The van der Waals surface area contributed by atoms with Crippen LogP contribution in [0.25, 0.3) is 0 Å². The first kappa shape index (κ1) is 20.6. The maximum Gasteiger partial charge on any atom is 0.244 e. The van der Waals surface area contributed by atoms with E-state index in [9.17, 15) is 14.7 Å². The molecule has 0 aromatic heterocycles. The van der Waals surface area contributed by atoms with Crippen LogP contribution in [0.5, 0.6) is 0 Å². The number of amides is 1. The number of hydrogen-bond acceptors (Lipinski definition) is 3. The number of ketones is 1. The van der Waals surface area contributed by atoms with E-state index >= 15 is 0 Å². The number of allylic oxidation sites excluding steroid dienone is 3. The second-order valence-electron chi connectivity index (χ2n) is 6.21. The van der Waals surface area contributed by atoms with E-state index in [1.54, 1.807) is 26.0 Å². The third-order valence-corrected chi connectivity index (χ3v) is 3.09. The zero-order valence-electron chi connectivity index (χ0n) is 14.2. The van der Waals surface area contributed by atoms with Crippen molar-refractivity contribution in [2.24, 2.45) is 0 Å². The molecule has 0 spiro atoms. The number of rotatable bonds is 12. The zero-order chi connectivity index (χ0) is 16.8. The van der Waals surface area contributed by atoms with Crippen LogP contribution in [0.4, 0.5) is 0 Å². The van der Waals surface area contributed by atoms with E-state index in [4.69, 9.17) is 0 Å². The van der Waals surface area contributed by atoms with Gasteiger partial charge in [-0.25, -0.2) is 0 Å². The number of hydrogen-bond donors (Lipinski definition) is 2. The van der Waals surface area contributed by atoms with Gasteiger partial charge in [-0.3, -0.25) is 9.59 Å². The van der Waals surface area contributed by atoms with Gasteiger partial charge in [-0.1, -0.05) is 44.4 Å². The van der Waals surface area contributed by atoms with Gasteiger partial charge in [-0.15, -0.1) is 0 Å². The topological polar surface area (TPSA) is 66.4 Å². The molecule has 0 heterocycles. The molecule has 0 saturated carbocycles. The minimum absolute atomic E-state index is 0.215. The number of unbranched alkanes of at least 4 members (excludes halogenated alkanes) is 3. The van der Waals surface area contributed by atoms with Crippen molar-refractivity contribution >= 4 is 11.7 Å². The first-order chi connectivity index (χ1) is 10.3. The summed E-state index contributed by atoms with van der Waals surface area (Å²) in [5.74, 6) is 0.0754. The molecule has 0 aromatic rings. The normalized spacial score (nSPS) is 12.2. The van der Waals surface area contributed by atoms with Gasteiger partial charge in [0.1, 0.15) is 5.78 Å². The predicted molar refractivity (Wildman–Crippen MR) is 90.6 cm³/mol. The monoisotopic (exact) mass is 309 g/mol. The molecule has 0 saturated heterocycles. The standard InChI is InChI=1S/C18H31NO3/c1-4-5-6-9-12-16(20)13-10-7-8-11-14-17(21)19-15-18(2,3)22/h7-8,11,14,22H,4-6,9-10,12-13,15H2,1-3H3,(H,19,21). The molecule has 0 unspecified atom stereocenters. The lowest BCUT2D eigenvalue weighted by molar-refractivity contribution is -0.119. The summed E-state index contributed by atoms with van der Waals surface area (Å²) >= 11 is 0. The van der Waals surface area contributed by atoms with Crippen LogP contribution in [0.1, 0.15) is 65.7 Å². The van der Waals surface area contributed by atoms with E-state index in [-0.39, 0.29) is 12.5 Å². The molecule has 0 aromatic carbocycles. The van der Waals surface area contributed by atoms with Crippen molar-refractivity contribution < 1.29 is 14.7 Å². The minimum atomic E-state index is -0.906. The highest BCUT2D eigenvalue weighted by Gasteiger charge is 2.12. The maximum absolute atomic E-state index is 11.6. The van der Waals surface area contributed by atoms with Gasteiger partial charge in [0.15, 0.2) is 0 Å². The van der Waals surface area contributed by atoms with E-state index in [1.807, 2.05) is 6.08 Å². The van der Waals surface area contributed by atoms with Crippen LogP contribution >= 0.6 is 0 Å². The Morgan fingerprint density at radius 3 is 2.45 bits per heavy atom. The number of nitrogens with one attached hydrogen (secondary N) is 1. The molecular formula is C18H31NO3. The van der Waals surface area contributed by atoms with Crippen LogP contribution in [-0.2, 0) is 9.59 Å². The van der Waals surface area contributed by atoms with Gasteiger partial charge >= 0.3 is 0 Å². The van der Waals surface area contributed by atoms with Crippen molar-refractivity contribution in [3.63, 3.8) is 0 Å². The molecule has 2 N–H and O–H groups in total. The molecule has 0 radical (unpaired) electrons. The molecule has 4 nitrogen and oxygen atoms in total. The van der Waals surface area contributed by atoms with Gasteiger partial charge in [0.2, 0.25) is 5.91 Å². The Bertz CT molecular complexity index is 378. The quantitative estimate of drug-likeness (QED) is 0.330. The highest BCUT2D eigenvalue weighted by atomic mass is 16.3. The minimum Gasteiger partial charge on any atom is -0.389 e. The Kier molecular flexibility index (Phi) is 11.4. The number of carbonyl (C=O) groups excluding carboxylic acids is 2. The summed E-state index contributed by atoms with van der Waals surface area (Å²) in [6.45, 7) is 5.64. The smallest absolute Gasteiger partial charge is 0.244 e. The molecule has 4 heteroatoms. The van der Waals surface area contributed by atoms with E-state index in [0.29, 0.717) is 25.0 Å². The number of carbonyl (C=O) groups is 2. The molecule has 0 atom stereocenters. The first-order valence-corrected chi connectivity index (χ1v) is 8.20. The Morgan fingerprint density at radius 1 is 1.09 bits per heavy atom. The van der Waals surface area contributed by atoms with Gasteiger partial charge in [0.25, 0.3) is 0 Å². The van der Waals surface area contributed by atoms with Crippen LogP contribution in [0.15, 0.2) is 24.3 Å². The lowest BCUT2D eigenvalue weighted by Crippen LogP contribution is -2.37. The van der Waals surface area contributed by atoms with Crippen LogP contribution < -0.4 is 5.32 Å². The van der Waals surface area contributed by atoms with Gasteiger partial charge in [-0.05, 0) is 26.7 Å². The number of Topliss-reactive ketones (excluding diaryl/α,β-unsaturated/α-hetero) is 1. The van der Waals surface area contributed by atoms with Crippen LogP contribution in [-0.4, -0.2) is 28.9 Å². The molecule has 0 fully saturated rings. The van der Waals surface area contributed by atoms with Crippen molar-refractivity contribution in [1.82, 2.24) is 5.32 Å². The van der Waals surface area contributed by atoms with E-state index in [0.717, 1.165) is 12.8 Å². The molecule has 1 amide bonds. The average Bonchev–Trinajstić information content (AvgIpc) is 2.44. The molecule has 0 rings (SSSR count). The Labute approximate surface area is 134 Å². The Morgan fingerprint density at radius 2 is 1.82 bits per heavy atom. The summed E-state index contributed by atoms with van der Waals surface area (Å²) in [7, 11) is 0. The molecular weight excluding hydrogens is 278 g/mol. The highest BCUT2D eigenvalue weighted by molar-refractivity contribution is 5.87. The fraction of sp³-hybridized carbons (Fsp3) is 0.667. The van der Waals surface area contributed by atoms with Crippen molar-refractivity contribution in [1.29, 1.82) is 0 Å². The summed E-state index contributed by atoms with van der Waals surface area (Å²) in [5.41, 5.74) is -0.906. The van der Waals surface area contributed by atoms with Crippen LogP contribution in [0.3, 0.4) is 0 Å². The van der Waals surface area contributed by atoms with Crippen LogP contribution in [0, 0.1) is 0 Å². The molecule has 0 aliphatic heterocycles. The van der Waals surface area contributed by atoms with Gasteiger partial charge < -0.3 is 10.4 Å². The van der Waals surface area contributed by atoms with Crippen molar-refractivity contribution in [2.75, 3.05) is 6.54 Å². The lowest BCUT2D eigenvalue weighted by Gasteiger charge is -2.16. The molecule has 0 aliphatic rings. The highest BCUT2D eigenvalue weighted by Crippen LogP contribution is 2.06. The summed E-state index contributed by atoms with van der Waals surface area (Å²) in [6, 6.07) is 0. The Hall–Kier alpha value is -1.42. The lowest BCUT2D eigenvalue weighted by atomic mass is 10.1. The second-order valence-corrected chi connectivity index (χ2v) is 6.21. The molecule has 126 valence electrons. The molecule has 0 aliphatic carbocycles. The number of aliphatic hydroxyl groups is 1. The van der Waals surface area contributed by atoms with E-state index < -0.39 is 5.60 Å². The second kappa shape index (κ2) is 12.2. The third-order valence-electron chi connectivity index (χ3n) is 3.09. The largest absolute Gasteiger partial charge is 0.389 e. The SMILES string of the molecule is CCCCCCC(=O)CCC=CC=CC(=O)NCC(C)(C)O. The summed E-state index contributed by atoms with van der Waals surface area (Å²) < 4.78 is 0. The van der Waals surface area contributed by atoms with Gasteiger partial charge in [-0.2, -0.15) is 0 Å². The average molecular weight is 309 g/mol. The predicted octanol–water partition coefficient (Wildman–Crippen LogP) is 3.31.